The van der Waals surface area contributed by atoms with Crippen molar-refractivity contribution in [3.05, 3.63) is 36.1 Å². The Morgan fingerprint density at radius 3 is 1.08 bits per heavy atom. The standard InChI is InChI=1S/C6H5F.6H2O/c7-6-4-2-1-3-5-6;;;;;;/h1-5H;6*1H2. The molecule has 0 atom stereocenters. The van der Waals surface area contributed by atoms with Crippen LogP contribution in [0.4, 0.5) is 4.39 Å². The van der Waals surface area contributed by atoms with Gasteiger partial charge in [-0.1, -0.05) is 18.2 Å². The van der Waals surface area contributed by atoms with Crippen molar-refractivity contribution in [3.8, 4) is 0 Å². The molecule has 1 rings (SSSR count). The minimum absolute atomic E-state index is 0. The van der Waals surface area contributed by atoms with Gasteiger partial charge in [0.1, 0.15) is 5.82 Å². The second-order valence-electron chi connectivity index (χ2n) is 1.30. The lowest BCUT2D eigenvalue weighted by atomic mass is 10.4. The molecular formula is C6H17FO6. The van der Waals surface area contributed by atoms with Gasteiger partial charge in [-0.3, -0.25) is 0 Å². The van der Waals surface area contributed by atoms with Crippen LogP contribution >= 0.6 is 0 Å². The van der Waals surface area contributed by atoms with Gasteiger partial charge in [0.2, 0.25) is 0 Å². The predicted octanol–water partition coefficient (Wildman–Crippen LogP) is -3.12. The van der Waals surface area contributed by atoms with Crippen LogP contribution in [0.15, 0.2) is 30.3 Å². The van der Waals surface area contributed by atoms with Crippen LogP contribution in [-0.2, 0) is 0 Å². The Labute approximate surface area is 74.5 Å². The lowest BCUT2D eigenvalue weighted by molar-refractivity contribution is 0.628. The van der Waals surface area contributed by atoms with Crippen LogP contribution in [-0.4, -0.2) is 32.9 Å². The van der Waals surface area contributed by atoms with Gasteiger partial charge in [-0.15, -0.1) is 0 Å². The molecule has 0 spiro atoms. The van der Waals surface area contributed by atoms with Crippen LogP contribution in [0.25, 0.3) is 0 Å². The molecule has 0 amide bonds. The van der Waals surface area contributed by atoms with Gasteiger partial charge in [0.25, 0.3) is 0 Å². The summed E-state index contributed by atoms with van der Waals surface area (Å²) in [5, 5.41) is 0. The molecule has 0 aliphatic carbocycles. The molecule has 0 saturated heterocycles. The van der Waals surface area contributed by atoms with Crippen molar-refractivity contribution in [1.82, 2.24) is 0 Å². The third kappa shape index (κ3) is 18.1. The Kier molecular flexibility index (Phi) is 70.1. The molecule has 0 aliphatic heterocycles. The molecule has 0 unspecified atom stereocenters. The molecule has 1 aromatic rings. The summed E-state index contributed by atoms with van der Waals surface area (Å²) in [5.74, 6) is -0.178. The molecule has 84 valence electrons. The molecule has 0 fully saturated rings. The summed E-state index contributed by atoms with van der Waals surface area (Å²) in [6.45, 7) is 0. The fourth-order valence-corrected chi connectivity index (χ4v) is 0.415. The van der Waals surface area contributed by atoms with Crippen molar-refractivity contribution in [2.24, 2.45) is 0 Å². The van der Waals surface area contributed by atoms with Crippen molar-refractivity contribution < 1.29 is 37.2 Å². The van der Waals surface area contributed by atoms with Gasteiger partial charge in [-0.05, 0) is 12.1 Å². The van der Waals surface area contributed by atoms with E-state index in [0.29, 0.717) is 0 Å². The number of rotatable bonds is 0. The van der Waals surface area contributed by atoms with Crippen molar-refractivity contribution in [3.63, 3.8) is 0 Å². The first-order valence-electron chi connectivity index (χ1n) is 2.10. The first kappa shape index (κ1) is 40.6. The van der Waals surface area contributed by atoms with Crippen LogP contribution < -0.4 is 0 Å². The minimum atomic E-state index is -0.178. The van der Waals surface area contributed by atoms with E-state index < -0.39 is 0 Å². The summed E-state index contributed by atoms with van der Waals surface area (Å²) >= 11 is 0. The average molecular weight is 204 g/mol. The van der Waals surface area contributed by atoms with Crippen LogP contribution in [0.2, 0.25) is 0 Å². The van der Waals surface area contributed by atoms with Crippen molar-refractivity contribution in [2.75, 3.05) is 0 Å². The maximum absolute atomic E-state index is 11.9. The van der Waals surface area contributed by atoms with Crippen molar-refractivity contribution in [2.45, 2.75) is 0 Å². The van der Waals surface area contributed by atoms with Gasteiger partial charge in [-0.25, -0.2) is 4.39 Å². The lowest BCUT2D eigenvalue weighted by Gasteiger charge is -1.78. The average Bonchev–Trinajstić information content (AvgIpc) is 1.69. The highest BCUT2D eigenvalue weighted by Crippen LogP contribution is 1.91. The van der Waals surface area contributed by atoms with Crippen LogP contribution in [0.1, 0.15) is 0 Å². The third-order valence-corrected chi connectivity index (χ3v) is 0.733. The van der Waals surface area contributed by atoms with E-state index in [2.05, 4.69) is 0 Å². The number of benzene rings is 1. The smallest absolute Gasteiger partial charge is 0.123 e. The van der Waals surface area contributed by atoms with Gasteiger partial charge >= 0.3 is 0 Å². The lowest BCUT2D eigenvalue weighted by Crippen LogP contribution is -1.63. The molecule has 12 N–H and O–H groups in total. The van der Waals surface area contributed by atoms with Gasteiger partial charge in [0, 0.05) is 0 Å². The normalized spacial score (nSPS) is 4.69. The fraction of sp³-hybridized carbons (Fsp3) is 0. The first-order chi connectivity index (χ1) is 3.39. The topological polar surface area (TPSA) is 189 Å². The maximum atomic E-state index is 11.9. The maximum Gasteiger partial charge on any atom is 0.123 e. The molecule has 6 nitrogen and oxygen atoms in total. The zero-order chi connectivity index (χ0) is 5.11. The van der Waals surface area contributed by atoms with Crippen LogP contribution in [0.5, 0.6) is 0 Å². The molecule has 0 bridgehead atoms. The zero-order valence-electron chi connectivity index (χ0n) is 6.76. The summed E-state index contributed by atoms with van der Waals surface area (Å²) in [5.41, 5.74) is 0. The van der Waals surface area contributed by atoms with E-state index in [1.165, 1.54) is 12.1 Å². The monoisotopic (exact) mass is 204 g/mol. The fourth-order valence-electron chi connectivity index (χ4n) is 0.415. The summed E-state index contributed by atoms with van der Waals surface area (Å²) in [6.07, 6.45) is 0. The first-order valence-corrected chi connectivity index (χ1v) is 2.10. The van der Waals surface area contributed by atoms with Gasteiger partial charge in [0.05, 0.1) is 0 Å². The number of hydrogen-bond acceptors (Lipinski definition) is 0. The Morgan fingerprint density at radius 2 is 0.923 bits per heavy atom. The van der Waals surface area contributed by atoms with Gasteiger partial charge in [0.15, 0.2) is 0 Å². The predicted molar refractivity (Wildman–Crippen MR) is 48.1 cm³/mol. The minimum Gasteiger partial charge on any atom is -0.412 e. The summed E-state index contributed by atoms with van der Waals surface area (Å²) in [6, 6.07) is 7.94. The summed E-state index contributed by atoms with van der Waals surface area (Å²) < 4.78 is 11.9. The Bertz CT molecular complexity index is 147. The second kappa shape index (κ2) is 22.4. The molecule has 1 aromatic carbocycles. The van der Waals surface area contributed by atoms with E-state index >= 15 is 0 Å². The number of hydrogen-bond donors (Lipinski definition) is 0. The molecule has 13 heavy (non-hydrogen) atoms. The highest BCUT2D eigenvalue weighted by molar-refractivity contribution is 5.02. The quantitative estimate of drug-likeness (QED) is 0.413. The van der Waals surface area contributed by atoms with Gasteiger partial charge < -0.3 is 32.9 Å². The Hall–Kier alpha value is -1.09. The highest BCUT2D eigenvalue weighted by Gasteiger charge is 1.77. The summed E-state index contributed by atoms with van der Waals surface area (Å²) in [4.78, 5) is 0. The summed E-state index contributed by atoms with van der Waals surface area (Å²) in [7, 11) is 0. The van der Waals surface area contributed by atoms with Crippen molar-refractivity contribution >= 4 is 0 Å². The highest BCUT2D eigenvalue weighted by atomic mass is 19.1. The molecule has 0 saturated carbocycles. The molecular weight excluding hydrogens is 187 g/mol. The molecule has 0 aliphatic rings. The molecule has 0 heterocycles. The second-order valence-corrected chi connectivity index (χ2v) is 1.30. The molecule has 7 heteroatoms. The largest absolute Gasteiger partial charge is 0.412 e. The van der Waals surface area contributed by atoms with E-state index in [0.717, 1.165) is 0 Å². The Morgan fingerprint density at radius 1 is 0.615 bits per heavy atom. The Balaban J connectivity index is -0.0000000204. The van der Waals surface area contributed by atoms with E-state index in [4.69, 9.17) is 0 Å². The SMILES string of the molecule is Fc1ccccc1.O.O.O.O.O.O. The van der Waals surface area contributed by atoms with E-state index in [1.807, 2.05) is 0 Å². The number of halogens is 1. The van der Waals surface area contributed by atoms with E-state index in [1.54, 1.807) is 18.2 Å². The van der Waals surface area contributed by atoms with Crippen molar-refractivity contribution in [1.29, 1.82) is 0 Å². The van der Waals surface area contributed by atoms with Crippen LogP contribution in [0.3, 0.4) is 0 Å². The zero-order valence-corrected chi connectivity index (χ0v) is 6.76. The van der Waals surface area contributed by atoms with Gasteiger partial charge in [-0.2, -0.15) is 0 Å². The molecule has 0 aromatic heterocycles. The van der Waals surface area contributed by atoms with E-state index in [9.17, 15) is 4.39 Å². The van der Waals surface area contributed by atoms with Crippen LogP contribution in [0, 0.1) is 5.82 Å². The molecule has 0 radical (unpaired) electrons. The third-order valence-electron chi connectivity index (χ3n) is 0.733. The van der Waals surface area contributed by atoms with E-state index in [-0.39, 0.29) is 38.7 Å².